The lowest BCUT2D eigenvalue weighted by Gasteiger charge is -2.11. The minimum absolute atomic E-state index is 0.668. The van der Waals surface area contributed by atoms with Gasteiger partial charge in [-0.25, -0.2) is 15.0 Å². The third-order valence-corrected chi connectivity index (χ3v) is 5.14. The fraction of sp³-hybridized carbons (Fsp3) is 0.444. The van der Waals surface area contributed by atoms with Gasteiger partial charge in [0.25, 0.3) is 0 Å². The van der Waals surface area contributed by atoms with Crippen molar-refractivity contribution in [3.63, 3.8) is 0 Å². The van der Waals surface area contributed by atoms with Crippen molar-refractivity contribution in [1.82, 2.24) is 24.5 Å². The number of ether oxygens (including phenoxy) is 1. The molecule has 0 aromatic carbocycles. The van der Waals surface area contributed by atoms with Crippen LogP contribution in [0.1, 0.15) is 23.5 Å². The van der Waals surface area contributed by atoms with Crippen molar-refractivity contribution in [3.8, 4) is 0 Å². The summed E-state index contributed by atoms with van der Waals surface area (Å²) in [6.45, 7) is 5.75. The molecular weight excluding hydrogens is 334 g/mol. The predicted molar refractivity (Wildman–Crippen MR) is 100.0 cm³/mol. The molecule has 0 fully saturated rings. The summed E-state index contributed by atoms with van der Waals surface area (Å²) in [4.78, 5) is 17.7. The van der Waals surface area contributed by atoms with Crippen LogP contribution in [0.2, 0.25) is 0 Å². The lowest BCUT2D eigenvalue weighted by Crippen LogP contribution is -2.08. The van der Waals surface area contributed by atoms with E-state index in [1.165, 1.54) is 11.1 Å². The maximum atomic E-state index is 5.24. The van der Waals surface area contributed by atoms with Crippen LogP contribution in [0.5, 0.6) is 0 Å². The smallest absolute Gasteiger partial charge is 0.187 e. The molecule has 3 heterocycles. The number of hydrogen-bond donors (Lipinski definition) is 0. The summed E-state index contributed by atoms with van der Waals surface area (Å²) >= 11 is 1.69. The average Bonchev–Trinajstić information content (AvgIpc) is 2.99. The SMILES string of the molecule is COCCc1nc2cnc(C)c(C)c2n1CCCSc1ncccn1. The largest absolute Gasteiger partial charge is 0.384 e. The van der Waals surface area contributed by atoms with Gasteiger partial charge >= 0.3 is 0 Å². The monoisotopic (exact) mass is 357 g/mol. The number of fused-ring (bicyclic) bond motifs is 1. The third kappa shape index (κ3) is 4.16. The second kappa shape index (κ2) is 8.40. The fourth-order valence-electron chi connectivity index (χ4n) is 2.80. The van der Waals surface area contributed by atoms with Crippen LogP contribution in [0.4, 0.5) is 0 Å². The Morgan fingerprint density at radius 2 is 1.96 bits per heavy atom. The highest BCUT2D eigenvalue weighted by atomic mass is 32.2. The Bertz CT molecular complexity index is 834. The molecule has 132 valence electrons. The van der Waals surface area contributed by atoms with E-state index in [2.05, 4.69) is 26.4 Å². The first-order valence-electron chi connectivity index (χ1n) is 8.40. The second-order valence-electron chi connectivity index (χ2n) is 5.86. The van der Waals surface area contributed by atoms with Gasteiger partial charge in [-0.05, 0) is 31.9 Å². The van der Waals surface area contributed by atoms with Crippen LogP contribution in [0.25, 0.3) is 11.0 Å². The van der Waals surface area contributed by atoms with Crippen molar-refractivity contribution < 1.29 is 4.74 Å². The van der Waals surface area contributed by atoms with Gasteiger partial charge in [-0.3, -0.25) is 4.98 Å². The topological polar surface area (TPSA) is 65.7 Å². The van der Waals surface area contributed by atoms with E-state index in [-0.39, 0.29) is 0 Å². The van der Waals surface area contributed by atoms with E-state index in [1.54, 1.807) is 31.3 Å². The number of nitrogens with zero attached hydrogens (tertiary/aromatic N) is 5. The number of methoxy groups -OCH3 is 1. The summed E-state index contributed by atoms with van der Waals surface area (Å²) in [7, 11) is 1.72. The van der Waals surface area contributed by atoms with E-state index in [0.29, 0.717) is 6.61 Å². The summed E-state index contributed by atoms with van der Waals surface area (Å²) in [6, 6.07) is 1.84. The Morgan fingerprint density at radius 3 is 2.72 bits per heavy atom. The third-order valence-electron chi connectivity index (χ3n) is 4.18. The molecule has 0 N–H and O–H groups in total. The molecule has 7 heteroatoms. The highest BCUT2D eigenvalue weighted by molar-refractivity contribution is 7.99. The van der Waals surface area contributed by atoms with E-state index >= 15 is 0 Å². The molecule has 0 aliphatic carbocycles. The number of aromatic nitrogens is 5. The van der Waals surface area contributed by atoms with Crippen LogP contribution in [0.15, 0.2) is 29.8 Å². The van der Waals surface area contributed by atoms with Gasteiger partial charge in [-0.15, -0.1) is 0 Å². The van der Waals surface area contributed by atoms with Gasteiger partial charge in [0.15, 0.2) is 5.16 Å². The Hall–Kier alpha value is -1.99. The summed E-state index contributed by atoms with van der Waals surface area (Å²) < 4.78 is 7.57. The molecule has 0 unspecified atom stereocenters. The summed E-state index contributed by atoms with van der Waals surface area (Å²) in [5, 5.41) is 0.828. The Kier molecular flexibility index (Phi) is 5.99. The lowest BCUT2D eigenvalue weighted by atomic mass is 10.2. The van der Waals surface area contributed by atoms with Crippen LogP contribution < -0.4 is 0 Å². The van der Waals surface area contributed by atoms with E-state index in [4.69, 9.17) is 9.72 Å². The number of imidazole rings is 1. The summed E-state index contributed by atoms with van der Waals surface area (Å²) in [5.41, 5.74) is 4.42. The number of thioether (sulfide) groups is 1. The molecule has 3 aromatic heterocycles. The van der Waals surface area contributed by atoms with Gasteiger partial charge in [0.2, 0.25) is 0 Å². The van der Waals surface area contributed by atoms with Gasteiger partial charge in [-0.1, -0.05) is 11.8 Å². The van der Waals surface area contributed by atoms with Crippen molar-refractivity contribution in [3.05, 3.63) is 41.7 Å². The van der Waals surface area contributed by atoms with Gasteiger partial charge in [0.1, 0.15) is 11.3 Å². The number of hydrogen-bond acceptors (Lipinski definition) is 6. The van der Waals surface area contributed by atoms with Crippen molar-refractivity contribution in [2.45, 2.75) is 38.4 Å². The van der Waals surface area contributed by atoms with Crippen molar-refractivity contribution in [2.75, 3.05) is 19.5 Å². The molecule has 0 aliphatic rings. The molecule has 3 rings (SSSR count). The van der Waals surface area contributed by atoms with Gasteiger partial charge in [0.05, 0.1) is 18.3 Å². The molecule has 0 bridgehead atoms. The molecule has 0 saturated carbocycles. The van der Waals surface area contributed by atoms with Crippen molar-refractivity contribution >= 4 is 22.8 Å². The molecule has 0 aliphatic heterocycles. The summed E-state index contributed by atoms with van der Waals surface area (Å²) in [6.07, 6.45) is 7.26. The van der Waals surface area contributed by atoms with Gasteiger partial charge in [0, 0.05) is 43.9 Å². The maximum Gasteiger partial charge on any atom is 0.187 e. The standard InChI is InChI=1S/C18H23N5OS/c1-13-14(2)21-12-15-17(13)23(16(22-15)6-10-24-3)9-5-11-25-18-19-7-4-8-20-18/h4,7-8,12H,5-6,9-11H2,1-3H3. The quantitative estimate of drug-likeness (QED) is 0.350. The minimum atomic E-state index is 0.668. The number of pyridine rings is 1. The first-order valence-corrected chi connectivity index (χ1v) is 9.39. The maximum absolute atomic E-state index is 5.24. The Balaban J connectivity index is 1.76. The van der Waals surface area contributed by atoms with Crippen LogP contribution in [-0.2, 0) is 17.7 Å². The van der Waals surface area contributed by atoms with E-state index in [9.17, 15) is 0 Å². The molecule has 0 atom stereocenters. The molecule has 6 nitrogen and oxygen atoms in total. The van der Waals surface area contributed by atoms with Crippen molar-refractivity contribution in [1.29, 1.82) is 0 Å². The normalized spacial score (nSPS) is 11.3. The molecule has 0 saturated heterocycles. The Labute approximate surface area is 152 Å². The molecule has 25 heavy (non-hydrogen) atoms. The molecule has 0 spiro atoms. The average molecular weight is 357 g/mol. The highest BCUT2D eigenvalue weighted by Crippen LogP contribution is 2.23. The van der Waals surface area contributed by atoms with Gasteiger partial charge < -0.3 is 9.30 Å². The van der Waals surface area contributed by atoms with Crippen LogP contribution in [-0.4, -0.2) is 44.0 Å². The number of rotatable bonds is 8. The fourth-order valence-corrected chi connectivity index (χ4v) is 3.53. The molecule has 0 amide bonds. The zero-order valence-corrected chi connectivity index (χ0v) is 15.7. The zero-order valence-electron chi connectivity index (χ0n) is 14.9. The van der Waals surface area contributed by atoms with Gasteiger partial charge in [-0.2, -0.15) is 0 Å². The van der Waals surface area contributed by atoms with Crippen molar-refractivity contribution in [2.24, 2.45) is 0 Å². The summed E-state index contributed by atoms with van der Waals surface area (Å²) in [5.74, 6) is 2.03. The molecule has 0 radical (unpaired) electrons. The Morgan fingerprint density at radius 1 is 1.16 bits per heavy atom. The highest BCUT2D eigenvalue weighted by Gasteiger charge is 2.14. The zero-order chi connectivity index (χ0) is 17.6. The molecule has 3 aromatic rings. The lowest BCUT2D eigenvalue weighted by molar-refractivity contribution is 0.199. The van der Waals surface area contributed by atoms with E-state index in [1.807, 2.05) is 19.2 Å². The first-order chi connectivity index (χ1) is 12.2. The van der Waals surface area contributed by atoms with E-state index in [0.717, 1.165) is 47.3 Å². The molecular formula is C18H23N5OS. The van der Waals surface area contributed by atoms with Crippen LogP contribution in [0.3, 0.4) is 0 Å². The predicted octanol–water partition coefficient (Wildman–Crippen LogP) is 3.21. The van der Waals surface area contributed by atoms with E-state index < -0.39 is 0 Å². The van der Waals surface area contributed by atoms with Crippen LogP contribution >= 0.6 is 11.8 Å². The second-order valence-corrected chi connectivity index (χ2v) is 6.92. The first kappa shape index (κ1) is 17.8. The van der Waals surface area contributed by atoms with Crippen LogP contribution in [0, 0.1) is 13.8 Å². The minimum Gasteiger partial charge on any atom is -0.384 e. The number of aryl methyl sites for hydroxylation is 3.